The van der Waals surface area contributed by atoms with Crippen LogP contribution in [-0.4, -0.2) is 45.6 Å². The minimum atomic E-state index is -1.06. The Morgan fingerprint density at radius 3 is 2.06 bits per heavy atom. The van der Waals surface area contributed by atoms with Crippen LogP contribution in [-0.2, 0) is 27.2 Å². The summed E-state index contributed by atoms with van der Waals surface area (Å²) in [6, 6.07) is 25.6. The van der Waals surface area contributed by atoms with Gasteiger partial charge < -0.3 is 25.4 Å². The van der Waals surface area contributed by atoms with E-state index in [1.165, 1.54) is 0 Å². The van der Waals surface area contributed by atoms with Crippen molar-refractivity contribution in [3.05, 3.63) is 108 Å². The fourth-order valence-electron chi connectivity index (χ4n) is 5.86. The van der Waals surface area contributed by atoms with Crippen molar-refractivity contribution < 1.29 is 24.2 Å². The molecular weight excluding hydrogens is 614 g/mol. The summed E-state index contributed by atoms with van der Waals surface area (Å²) < 4.78 is 5.59. The molecule has 0 saturated heterocycles. The van der Waals surface area contributed by atoms with Crippen molar-refractivity contribution in [3.63, 3.8) is 0 Å². The number of rotatable bonds is 13. The molecule has 3 atom stereocenters. The molecule has 8 heteroatoms. The standard InChI is InChI=1S/C41H51N3O5/c1-8-29-15-19-32(20-16-29)37(38(46)42-34-22-21-31-11-9-10-12-33(31)26-34)44(28(4)14-13-27(2)3)39(47)36(43-40(48)49-41(5,6)7)25-30-17-23-35(45)24-18-30/h9-12,15-24,26-28,36-37,45H,8,13-14,25H2,1-7H3,(H,42,46)(H,43,48). The number of anilines is 1. The first-order valence-corrected chi connectivity index (χ1v) is 17.2. The predicted molar refractivity (Wildman–Crippen MR) is 196 cm³/mol. The van der Waals surface area contributed by atoms with Crippen molar-refractivity contribution in [1.82, 2.24) is 10.2 Å². The summed E-state index contributed by atoms with van der Waals surface area (Å²) >= 11 is 0. The maximum absolute atomic E-state index is 15.0. The molecule has 0 fully saturated rings. The van der Waals surface area contributed by atoms with Gasteiger partial charge in [0.15, 0.2) is 0 Å². The summed E-state index contributed by atoms with van der Waals surface area (Å²) in [6.07, 6.45) is 1.70. The van der Waals surface area contributed by atoms with E-state index in [0.717, 1.165) is 34.7 Å². The fourth-order valence-corrected chi connectivity index (χ4v) is 5.86. The first-order chi connectivity index (χ1) is 23.2. The Morgan fingerprint density at radius 1 is 0.816 bits per heavy atom. The number of alkyl carbamates (subject to hydrolysis) is 1. The van der Waals surface area contributed by atoms with Crippen LogP contribution in [0.25, 0.3) is 10.8 Å². The lowest BCUT2D eigenvalue weighted by Gasteiger charge is -2.39. The molecule has 0 aliphatic heterocycles. The summed E-state index contributed by atoms with van der Waals surface area (Å²) in [5.41, 5.74) is 2.34. The van der Waals surface area contributed by atoms with Crippen molar-refractivity contribution in [3.8, 4) is 5.75 Å². The number of phenolic OH excluding ortho intramolecular Hbond substituents is 1. The smallest absolute Gasteiger partial charge is 0.408 e. The lowest BCUT2D eigenvalue weighted by Crippen LogP contribution is -2.55. The van der Waals surface area contributed by atoms with E-state index in [4.69, 9.17) is 4.74 Å². The van der Waals surface area contributed by atoms with E-state index >= 15 is 0 Å². The molecule has 260 valence electrons. The van der Waals surface area contributed by atoms with E-state index < -0.39 is 29.7 Å². The SMILES string of the molecule is CCc1ccc(C(C(=O)Nc2ccc3ccccc3c2)N(C(=O)C(Cc2ccc(O)cc2)NC(=O)OC(C)(C)C)C(C)CCC(C)C)cc1. The number of carbonyl (C=O) groups excluding carboxylic acids is 3. The summed E-state index contributed by atoms with van der Waals surface area (Å²) in [6.45, 7) is 13.6. The largest absolute Gasteiger partial charge is 0.508 e. The van der Waals surface area contributed by atoms with Crippen LogP contribution in [0.3, 0.4) is 0 Å². The van der Waals surface area contributed by atoms with Crippen LogP contribution >= 0.6 is 0 Å². The average molecular weight is 666 g/mol. The van der Waals surface area contributed by atoms with E-state index in [1.807, 2.05) is 73.7 Å². The number of aryl methyl sites for hydroxylation is 1. The summed E-state index contributed by atoms with van der Waals surface area (Å²) in [7, 11) is 0. The molecule has 0 aliphatic carbocycles. The van der Waals surface area contributed by atoms with Crippen LogP contribution < -0.4 is 10.6 Å². The summed E-state index contributed by atoms with van der Waals surface area (Å²) in [5, 5.41) is 17.9. The number of aromatic hydroxyl groups is 1. The number of amides is 3. The number of hydrogen-bond acceptors (Lipinski definition) is 5. The van der Waals surface area contributed by atoms with Crippen molar-refractivity contribution in [2.45, 2.75) is 97.9 Å². The van der Waals surface area contributed by atoms with Crippen molar-refractivity contribution in [1.29, 1.82) is 0 Å². The third-order valence-corrected chi connectivity index (χ3v) is 8.50. The molecule has 0 spiro atoms. The second-order valence-electron chi connectivity index (χ2n) is 14.2. The number of carbonyl (C=O) groups is 3. The molecule has 0 radical (unpaired) electrons. The van der Waals surface area contributed by atoms with Crippen LogP contribution in [0, 0.1) is 5.92 Å². The second kappa shape index (κ2) is 16.5. The number of phenols is 1. The molecule has 4 aromatic carbocycles. The number of fused-ring (bicyclic) bond motifs is 1. The number of nitrogens with zero attached hydrogens (tertiary/aromatic N) is 1. The summed E-state index contributed by atoms with van der Waals surface area (Å²) in [4.78, 5) is 44.4. The van der Waals surface area contributed by atoms with Gasteiger partial charge in [-0.25, -0.2) is 4.79 Å². The van der Waals surface area contributed by atoms with Gasteiger partial charge in [0, 0.05) is 18.2 Å². The molecule has 8 nitrogen and oxygen atoms in total. The number of ether oxygens (including phenoxy) is 1. The van der Waals surface area contributed by atoms with Gasteiger partial charge in [0.05, 0.1) is 0 Å². The van der Waals surface area contributed by atoms with Gasteiger partial charge in [-0.05, 0) is 105 Å². The van der Waals surface area contributed by atoms with E-state index in [2.05, 4.69) is 31.4 Å². The van der Waals surface area contributed by atoms with Gasteiger partial charge in [0.1, 0.15) is 23.4 Å². The van der Waals surface area contributed by atoms with Gasteiger partial charge in [-0.3, -0.25) is 9.59 Å². The minimum absolute atomic E-state index is 0.0941. The fraction of sp³-hybridized carbons (Fsp3) is 0.390. The third-order valence-electron chi connectivity index (χ3n) is 8.50. The van der Waals surface area contributed by atoms with E-state index in [1.54, 1.807) is 49.9 Å². The molecule has 3 unspecified atom stereocenters. The Morgan fingerprint density at radius 2 is 1.45 bits per heavy atom. The Kier molecular flexibility index (Phi) is 12.5. The summed E-state index contributed by atoms with van der Waals surface area (Å²) in [5.74, 6) is -0.296. The first-order valence-electron chi connectivity index (χ1n) is 17.2. The van der Waals surface area contributed by atoms with Crippen LogP contribution in [0.4, 0.5) is 10.5 Å². The molecule has 4 rings (SSSR count). The van der Waals surface area contributed by atoms with Gasteiger partial charge in [0.2, 0.25) is 5.91 Å². The molecule has 4 aromatic rings. The number of nitrogens with one attached hydrogen (secondary N) is 2. The van der Waals surface area contributed by atoms with Crippen LogP contribution in [0.5, 0.6) is 5.75 Å². The number of benzene rings is 4. The van der Waals surface area contributed by atoms with Crippen molar-refractivity contribution in [2.75, 3.05) is 5.32 Å². The minimum Gasteiger partial charge on any atom is -0.508 e. The van der Waals surface area contributed by atoms with Crippen LogP contribution in [0.2, 0.25) is 0 Å². The van der Waals surface area contributed by atoms with Gasteiger partial charge in [0.25, 0.3) is 5.91 Å². The molecule has 3 N–H and O–H groups in total. The second-order valence-corrected chi connectivity index (χ2v) is 14.2. The topological polar surface area (TPSA) is 108 Å². The third kappa shape index (κ3) is 10.6. The Bertz CT molecular complexity index is 1710. The Labute approximate surface area is 290 Å². The van der Waals surface area contributed by atoms with Gasteiger partial charge in [-0.15, -0.1) is 0 Å². The lowest BCUT2D eigenvalue weighted by atomic mass is 9.95. The monoisotopic (exact) mass is 665 g/mol. The Balaban J connectivity index is 1.81. The Hall–Kier alpha value is -4.85. The molecule has 0 aromatic heterocycles. The first kappa shape index (κ1) is 37.0. The maximum Gasteiger partial charge on any atom is 0.408 e. The number of hydrogen-bond donors (Lipinski definition) is 3. The predicted octanol–water partition coefficient (Wildman–Crippen LogP) is 8.58. The average Bonchev–Trinajstić information content (AvgIpc) is 3.05. The van der Waals surface area contributed by atoms with Crippen molar-refractivity contribution >= 4 is 34.4 Å². The van der Waals surface area contributed by atoms with Gasteiger partial charge >= 0.3 is 6.09 Å². The van der Waals surface area contributed by atoms with Crippen LogP contribution in [0.1, 0.15) is 84.0 Å². The quantitative estimate of drug-likeness (QED) is 0.133. The molecule has 3 amide bonds. The highest BCUT2D eigenvalue weighted by molar-refractivity contribution is 6.00. The highest BCUT2D eigenvalue weighted by Gasteiger charge is 2.39. The zero-order valence-electron chi connectivity index (χ0n) is 29.8. The highest BCUT2D eigenvalue weighted by atomic mass is 16.6. The van der Waals surface area contributed by atoms with Gasteiger partial charge in [-0.2, -0.15) is 0 Å². The molecule has 0 bridgehead atoms. The van der Waals surface area contributed by atoms with E-state index in [9.17, 15) is 19.5 Å². The zero-order chi connectivity index (χ0) is 35.7. The van der Waals surface area contributed by atoms with E-state index in [0.29, 0.717) is 23.6 Å². The maximum atomic E-state index is 15.0. The highest BCUT2D eigenvalue weighted by Crippen LogP contribution is 2.30. The molecule has 0 saturated carbocycles. The van der Waals surface area contributed by atoms with Crippen LogP contribution in [0.15, 0.2) is 91.0 Å². The molecular formula is C41H51N3O5. The van der Waals surface area contributed by atoms with E-state index in [-0.39, 0.29) is 24.1 Å². The zero-order valence-corrected chi connectivity index (χ0v) is 29.8. The van der Waals surface area contributed by atoms with Crippen molar-refractivity contribution in [2.24, 2.45) is 5.92 Å². The molecule has 0 heterocycles. The van der Waals surface area contributed by atoms with Gasteiger partial charge in [-0.1, -0.05) is 87.5 Å². The lowest BCUT2D eigenvalue weighted by molar-refractivity contribution is -0.143. The molecule has 49 heavy (non-hydrogen) atoms. The normalized spacial score (nSPS) is 13.4. The molecule has 0 aliphatic rings.